The molecule has 0 saturated carbocycles. The Morgan fingerprint density at radius 3 is 2.34 bits per heavy atom. The Morgan fingerprint density at radius 2 is 1.66 bits per heavy atom. The maximum Gasteiger partial charge on any atom is 0.225 e. The van der Waals surface area contributed by atoms with Gasteiger partial charge in [-0.1, -0.05) is 35.9 Å². The van der Waals surface area contributed by atoms with E-state index in [1.54, 1.807) is 6.92 Å². The third-order valence-corrected chi connectivity index (χ3v) is 6.26. The average molecular weight is 412 g/mol. The number of piperazine rings is 1. The number of hydrogen-bond donors (Lipinski definition) is 0. The van der Waals surface area contributed by atoms with Crippen molar-refractivity contribution in [2.24, 2.45) is 0 Å². The third-order valence-electron chi connectivity index (χ3n) is 6.01. The monoisotopic (exact) mass is 411 g/mol. The molecule has 1 atom stereocenters. The van der Waals surface area contributed by atoms with Crippen molar-refractivity contribution in [2.75, 3.05) is 37.6 Å². The number of rotatable bonds is 3. The van der Waals surface area contributed by atoms with E-state index in [1.165, 1.54) is 5.56 Å². The van der Waals surface area contributed by atoms with Gasteiger partial charge in [-0.3, -0.25) is 9.59 Å². The fourth-order valence-electron chi connectivity index (χ4n) is 4.41. The van der Waals surface area contributed by atoms with Gasteiger partial charge in [0.1, 0.15) is 0 Å². The summed E-state index contributed by atoms with van der Waals surface area (Å²) in [6.07, 6.45) is 1.19. The number of benzene rings is 2. The van der Waals surface area contributed by atoms with Gasteiger partial charge in [-0.05, 0) is 41.8 Å². The van der Waals surface area contributed by atoms with E-state index in [0.29, 0.717) is 26.1 Å². The summed E-state index contributed by atoms with van der Waals surface area (Å²) in [5.74, 6) is 0.151. The van der Waals surface area contributed by atoms with E-state index in [-0.39, 0.29) is 17.9 Å². The number of halogens is 1. The van der Waals surface area contributed by atoms with Crippen molar-refractivity contribution in [3.05, 3.63) is 64.7 Å². The van der Waals surface area contributed by atoms with Crippen LogP contribution in [0.3, 0.4) is 0 Å². The molecule has 2 aliphatic rings. The second-order valence-electron chi connectivity index (χ2n) is 7.73. The van der Waals surface area contributed by atoms with Gasteiger partial charge in [0.05, 0.1) is 12.5 Å². The van der Waals surface area contributed by atoms with Crippen LogP contribution in [0, 0.1) is 0 Å². The Hall–Kier alpha value is -2.53. The number of amides is 2. The van der Waals surface area contributed by atoms with E-state index in [0.717, 1.165) is 35.8 Å². The molecule has 5 nitrogen and oxygen atoms in total. The van der Waals surface area contributed by atoms with E-state index in [9.17, 15) is 9.59 Å². The molecule has 6 heteroatoms. The summed E-state index contributed by atoms with van der Waals surface area (Å²) in [6, 6.07) is 15.8. The Kier molecular flexibility index (Phi) is 5.76. The fourth-order valence-corrected chi connectivity index (χ4v) is 4.54. The molecule has 0 spiro atoms. The highest BCUT2D eigenvalue weighted by Gasteiger charge is 2.32. The summed E-state index contributed by atoms with van der Waals surface area (Å²) in [5, 5.41) is 0.727. The molecule has 29 heavy (non-hydrogen) atoms. The van der Waals surface area contributed by atoms with E-state index in [2.05, 4.69) is 17.0 Å². The molecule has 2 heterocycles. The smallest absolute Gasteiger partial charge is 0.225 e. The van der Waals surface area contributed by atoms with Crippen molar-refractivity contribution in [1.82, 2.24) is 9.80 Å². The quantitative estimate of drug-likeness (QED) is 0.776. The molecule has 2 aromatic carbocycles. The largest absolute Gasteiger partial charge is 0.368 e. The average Bonchev–Trinajstić information content (AvgIpc) is 2.74. The van der Waals surface area contributed by atoms with Crippen molar-refractivity contribution in [1.29, 1.82) is 0 Å². The Balaban J connectivity index is 1.42. The number of nitrogens with zero attached hydrogens (tertiary/aromatic N) is 3. The molecule has 0 aliphatic carbocycles. The highest BCUT2D eigenvalue weighted by atomic mass is 35.5. The van der Waals surface area contributed by atoms with Crippen molar-refractivity contribution in [3.8, 4) is 0 Å². The first kappa shape index (κ1) is 19.8. The first-order valence-corrected chi connectivity index (χ1v) is 10.5. The summed E-state index contributed by atoms with van der Waals surface area (Å²) < 4.78 is 0. The van der Waals surface area contributed by atoms with Crippen molar-refractivity contribution in [3.63, 3.8) is 0 Å². The minimum absolute atomic E-state index is 0.0323. The van der Waals surface area contributed by atoms with E-state index >= 15 is 0 Å². The summed E-state index contributed by atoms with van der Waals surface area (Å²) in [4.78, 5) is 31.3. The zero-order valence-corrected chi connectivity index (χ0v) is 17.4. The van der Waals surface area contributed by atoms with Gasteiger partial charge in [0.2, 0.25) is 11.8 Å². The highest BCUT2D eigenvalue weighted by molar-refractivity contribution is 6.30. The molecule has 1 unspecified atom stereocenters. The molecule has 2 amide bonds. The second kappa shape index (κ2) is 8.46. The molecule has 0 aromatic heterocycles. The summed E-state index contributed by atoms with van der Waals surface area (Å²) in [6.45, 7) is 5.24. The van der Waals surface area contributed by atoms with Gasteiger partial charge in [0.15, 0.2) is 0 Å². The SMILES string of the molecule is CC(=O)N1CCc2ccccc2C1CC(=O)N1CCN(c2ccc(Cl)cc2)CC1. The zero-order valence-electron chi connectivity index (χ0n) is 16.7. The van der Waals surface area contributed by atoms with Crippen LogP contribution < -0.4 is 4.90 Å². The Bertz CT molecular complexity index is 891. The van der Waals surface area contributed by atoms with Gasteiger partial charge in [-0.2, -0.15) is 0 Å². The van der Waals surface area contributed by atoms with Crippen molar-refractivity contribution in [2.45, 2.75) is 25.8 Å². The summed E-state index contributed by atoms with van der Waals surface area (Å²) in [5.41, 5.74) is 3.49. The van der Waals surface area contributed by atoms with Crippen LogP contribution in [0.5, 0.6) is 0 Å². The van der Waals surface area contributed by atoms with Gasteiger partial charge in [-0.15, -0.1) is 0 Å². The van der Waals surface area contributed by atoms with Crippen LogP contribution in [-0.4, -0.2) is 54.3 Å². The lowest BCUT2D eigenvalue weighted by Gasteiger charge is -2.39. The molecule has 0 radical (unpaired) electrons. The van der Waals surface area contributed by atoms with E-state index < -0.39 is 0 Å². The van der Waals surface area contributed by atoms with Crippen LogP contribution in [0.2, 0.25) is 5.02 Å². The number of carbonyl (C=O) groups excluding carboxylic acids is 2. The van der Waals surface area contributed by atoms with Gasteiger partial charge in [-0.25, -0.2) is 0 Å². The minimum atomic E-state index is -0.167. The topological polar surface area (TPSA) is 43.9 Å². The van der Waals surface area contributed by atoms with Gasteiger partial charge >= 0.3 is 0 Å². The molecule has 4 rings (SSSR count). The molecular weight excluding hydrogens is 386 g/mol. The number of carbonyl (C=O) groups is 2. The van der Waals surface area contributed by atoms with Crippen LogP contribution in [0.1, 0.15) is 30.5 Å². The number of hydrogen-bond acceptors (Lipinski definition) is 3. The van der Waals surface area contributed by atoms with Crippen LogP contribution >= 0.6 is 11.6 Å². The molecule has 0 bridgehead atoms. The van der Waals surface area contributed by atoms with E-state index in [4.69, 9.17) is 11.6 Å². The second-order valence-corrected chi connectivity index (χ2v) is 8.16. The lowest BCUT2D eigenvalue weighted by atomic mass is 9.90. The molecule has 1 saturated heterocycles. The lowest BCUT2D eigenvalue weighted by Crippen LogP contribution is -2.50. The Labute approximate surface area is 176 Å². The highest BCUT2D eigenvalue weighted by Crippen LogP contribution is 2.33. The standard InChI is InChI=1S/C23H26ClN3O2/c1-17(28)27-11-10-18-4-2-3-5-21(18)22(27)16-23(29)26-14-12-25(13-15-26)20-8-6-19(24)7-9-20/h2-9,22H,10-16H2,1H3. The predicted octanol–water partition coefficient (Wildman–Crippen LogP) is 3.52. The number of fused-ring (bicyclic) bond motifs is 1. The third kappa shape index (κ3) is 4.25. The lowest BCUT2D eigenvalue weighted by molar-refractivity contribution is -0.136. The van der Waals surface area contributed by atoms with Crippen LogP contribution in [0.25, 0.3) is 0 Å². The van der Waals surface area contributed by atoms with Crippen LogP contribution in [0.4, 0.5) is 5.69 Å². The molecule has 2 aromatic rings. The summed E-state index contributed by atoms with van der Waals surface area (Å²) >= 11 is 5.98. The zero-order chi connectivity index (χ0) is 20.4. The predicted molar refractivity (Wildman–Crippen MR) is 115 cm³/mol. The molecule has 152 valence electrons. The Morgan fingerprint density at radius 1 is 0.966 bits per heavy atom. The molecule has 0 N–H and O–H groups in total. The van der Waals surface area contributed by atoms with Gasteiger partial charge in [0.25, 0.3) is 0 Å². The molecular formula is C23H26ClN3O2. The maximum atomic E-state index is 13.1. The first-order valence-electron chi connectivity index (χ1n) is 10.2. The normalized spacial score (nSPS) is 19.1. The van der Waals surface area contributed by atoms with Crippen molar-refractivity contribution < 1.29 is 9.59 Å². The van der Waals surface area contributed by atoms with Crippen LogP contribution in [-0.2, 0) is 16.0 Å². The fraction of sp³-hybridized carbons (Fsp3) is 0.391. The first-order chi connectivity index (χ1) is 14.0. The minimum Gasteiger partial charge on any atom is -0.368 e. The van der Waals surface area contributed by atoms with E-state index in [1.807, 2.05) is 46.2 Å². The van der Waals surface area contributed by atoms with Crippen LogP contribution in [0.15, 0.2) is 48.5 Å². The van der Waals surface area contributed by atoms with Crippen molar-refractivity contribution >= 4 is 29.1 Å². The summed E-state index contributed by atoms with van der Waals surface area (Å²) in [7, 11) is 0. The maximum absolute atomic E-state index is 13.1. The van der Waals surface area contributed by atoms with Gasteiger partial charge in [0, 0.05) is 50.4 Å². The van der Waals surface area contributed by atoms with Gasteiger partial charge < -0.3 is 14.7 Å². The molecule has 1 fully saturated rings. The number of anilines is 1. The molecule has 2 aliphatic heterocycles.